The van der Waals surface area contributed by atoms with Crippen LogP contribution >= 0.6 is 0 Å². The van der Waals surface area contributed by atoms with Crippen LogP contribution in [0.2, 0.25) is 0 Å². The van der Waals surface area contributed by atoms with E-state index in [9.17, 15) is 0 Å². The summed E-state index contributed by atoms with van der Waals surface area (Å²) in [5.74, 6) is 1.75. The van der Waals surface area contributed by atoms with Crippen molar-refractivity contribution in [1.82, 2.24) is 0 Å². The Hall–Kier alpha value is -1.80. The van der Waals surface area contributed by atoms with Crippen molar-refractivity contribution in [2.75, 3.05) is 0 Å². The zero-order valence-corrected chi connectivity index (χ0v) is 9.10. The fourth-order valence-corrected chi connectivity index (χ4v) is 2.25. The highest BCUT2D eigenvalue weighted by Gasteiger charge is 2.24. The number of ether oxygens (including phenoxy) is 1. The summed E-state index contributed by atoms with van der Waals surface area (Å²) in [7, 11) is 0. The van der Waals surface area contributed by atoms with Crippen LogP contribution < -0.4 is 10.5 Å². The Morgan fingerprint density at radius 1 is 1.00 bits per heavy atom. The van der Waals surface area contributed by atoms with E-state index in [0.29, 0.717) is 0 Å². The van der Waals surface area contributed by atoms with E-state index in [1.165, 1.54) is 5.56 Å². The molecule has 2 heteroatoms. The number of fused-ring (bicyclic) bond motifs is 2. The summed E-state index contributed by atoms with van der Waals surface area (Å²) < 4.78 is 5.85. The lowest BCUT2D eigenvalue weighted by atomic mass is 9.92. The van der Waals surface area contributed by atoms with Gasteiger partial charge < -0.3 is 10.5 Å². The predicted molar refractivity (Wildman–Crippen MR) is 63.7 cm³/mol. The van der Waals surface area contributed by atoms with Crippen LogP contribution in [0.3, 0.4) is 0 Å². The molecule has 3 rings (SSSR count). The normalized spacial score (nSPS) is 17.2. The zero-order valence-electron chi connectivity index (χ0n) is 9.10. The minimum absolute atomic E-state index is 0.0823. The van der Waals surface area contributed by atoms with Crippen molar-refractivity contribution in [3.63, 3.8) is 0 Å². The Bertz CT molecular complexity index is 548. The van der Waals surface area contributed by atoms with Gasteiger partial charge in [0, 0.05) is 11.1 Å². The zero-order chi connectivity index (χ0) is 11.1. The van der Waals surface area contributed by atoms with Gasteiger partial charge in [-0.1, -0.05) is 30.3 Å². The minimum atomic E-state index is -0.0823. The van der Waals surface area contributed by atoms with Gasteiger partial charge in [-0.25, -0.2) is 0 Å². The van der Waals surface area contributed by atoms with Crippen LogP contribution in [0.25, 0.3) is 0 Å². The van der Waals surface area contributed by atoms with E-state index >= 15 is 0 Å². The maximum atomic E-state index is 6.28. The predicted octanol–water partition coefficient (Wildman–Crippen LogP) is 3.15. The summed E-state index contributed by atoms with van der Waals surface area (Å²) in [4.78, 5) is 0. The van der Waals surface area contributed by atoms with Gasteiger partial charge in [0.15, 0.2) is 0 Å². The number of nitrogens with two attached hydrogens (primary N) is 1. The standard InChI is InChI=1S/C14H13NO/c1-9-5-4-8-12-13(9)14(15)10-6-2-3-7-11(10)16-12/h2-8,14H,15H2,1H3. The molecule has 1 aliphatic rings. The summed E-state index contributed by atoms with van der Waals surface area (Å²) in [5, 5.41) is 0. The third-order valence-corrected chi connectivity index (χ3v) is 3.07. The van der Waals surface area contributed by atoms with E-state index in [1.54, 1.807) is 0 Å². The molecule has 0 aliphatic carbocycles. The van der Waals surface area contributed by atoms with Crippen LogP contribution in [-0.2, 0) is 0 Å². The lowest BCUT2D eigenvalue weighted by molar-refractivity contribution is 0.446. The van der Waals surface area contributed by atoms with Crippen molar-refractivity contribution in [2.24, 2.45) is 5.73 Å². The number of para-hydroxylation sites is 1. The van der Waals surface area contributed by atoms with Gasteiger partial charge >= 0.3 is 0 Å². The number of hydrogen-bond donors (Lipinski definition) is 1. The molecule has 0 saturated heterocycles. The maximum absolute atomic E-state index is 6.28. The van der Waals surface area contributed by atoms with Crippen LogP contribution in [0.5, 0.6) is 11.5 Å². The Kier molecular flexibility index (Phi) is 1.98. The SMILES string of the molecule is Cc1cccc2c1C(N)c1ccccc1O2. The van der Waals surface area contributed by atoms with Crippen molar-refractivity contribution in [3.05, 3.63) is 59.2 Å². The van der Waals surface area contributed by atoms with Crippen molar-refractivity contribution < 1.29 is 4.74 Å². The average molecular weight is 211 g/mol. The van der Waals surface area contributed by atoms with Crippen molar-refractivity contribution in [3.8, 4) is 11.5 Å². The number of aryl methyl sites for hydroxylation is 1. The van der Waals surface area contributed by atoms with Gasteiger partial charge in [0.1, 0.15) is 11.5 Å². The molecule has 0 bridgehead atoms. The van der Waals surface area contributed by atoms with Gasteiger partial charge in [0.25, 0.3) is 0 Å². The molecule has 16 heavy (non-hydrogen) atoms. The van der Waals surface area contributed by atoms with Crippen LogP contribution in [0.4, 0.5) is 0 Å². The third kappa shape index (κ3) is 1.24. The monoisotopic (exact) mass is 211 g/mol. The first kappa shape index (κ1) is 9.43. The average Bonchev–Trinajstić information content (AvgIpc) is 2.29. The van der Waals surface area contributed by atoms with Gasteiger partial charge in [-0.05, 0) is 24.6 Å². The highest BCUT2D eigenvalue weighted by atomic mass is 16.5. The molecule has 0 fully saturated rings. The van der Waals surface area contributed by atoms with Crippen LogP contribution in [0.1, 0.15) is 22.7 Å². The number of rotatable bonds is 0. The van der Waals surface area contributed by atoms with E-state index in [4.69, 9.17) is 10.5 Å². The van der Waals surface area contributed by atoms with Crippen molar-refractivity contribution in [1.29, 1.82) is 0 Å². The van der Waals surface area contributed by atoms with Crippen molar-refractivity contribution in [2.45, 2.75) is 13.0 Å². The Labute approximate surface area is 94.7 Å². The molecule has 0 aromatic heterocycles. The molecule has 0 radical (unpaired) electrons. The second-order valence-corrected chi connectivity index (χ2v) is 4.10. The van der Waals surface area contributed by atoms with E-state index in [-0.39, 0.29) is 6.04 Å². The first-order valence-corrected chi connectivity index (χ1v) is 5.39. The highest BCUT2D eigenvalue weighted by Crippen LogP contribution is 2.42. The molecule has 1 unspecified atom stereocenters. The largest absolute Gasteiger partial charge is 0.457 e. The van der Waals surface area contributed by atoms with Gasteiger partial charge in [-0.15, -0.1) is 0 Å². The van der Waals surface area contributed by atoms with Crippen LogP contribution in [0, 0.1) is 6.92 Å². The fraction of sp³-hybridized carbons (Fsp3) is 0.143. The number of benzene rings is 2. The number of hydrogen-bond acceptors (Lipinski definition) is 2. The second kappa shape index (κ2) is 3.35. The van der Waals surface area contributed by atoms with Crippen LogP contribution in [0.15, 0.2) is 42.5 Å². The van der Waals surface area contributed by atoms with Gasteiger partial charge in [0.2, 0.25) is 0 Å². The molecule has 2 aromatic carbocycles. The van der Waals surface area contributed by atoms with E-state index in [1.807, 2.05) is 36.4 Å². The molecular formula is C14H13NO. The van der Waals surface area contributed by atoms with Gasteiger partial charge in [-0.3, -0.25) is 0 Å². The van der Waals surface area contributed by atoms with E-state index in [2.05, 4.69) is 13.0 Å². The summed E-state index contributed by atoms with van der Waals surface area (Å²) in [6, 6.07) is 13.9. The molecule has 0 saturated carbocycles. The molecule has 80 valence electrons. The second-order valence-electron chi connectivity index (χ2n) is 4.10. The molecule has 1 aliphatic heterocycles. The molecule has 1 atom stereocenters. The molecule has 0 spiro atoms. The first-order chi connectivity index (χ1) is 7.77. The molecular weight excluding hydrogens is 198 g/mol. The van der Waals surface area contributed by atoms with Gasteiger partial charge in [0.05, 0.1) is 6.04 Å². The third-order valence-electron chi connectivity index (χ3n) is 3.07. The summed E-state index contributed by atoms with van der Waals surface area (Å²) >= 11 is 0. The van der Waals surface area contributed by atoms with Crippen LogP contribution in [-0.4, -0.2) is 0 Å². The Morgan fingerprint density at radius 2 is 1.75 bits per heavy atom. The highest BCUT2D eigenvalue weighted by molar-refractivity contribution is 5.55. The fourth-order valence-electron chi connectivity index (χ4n) is 2.25. The molecule has 2 nitrogen and oxygen atoms in total. The van der Waals surface area contributed by atoms with E-state index < -0.39 is 0 Å². The van der Waals surface area contributed by atoms with Gasteiger partial charge in [-0.2, -0.15) is 0 Å². The maximum Gasteiger partial charge on any atom is 0.132 e. The van der Waals surface area contributed by atoms with Crippen molar-refractivity contribution >= 4 is 0 Å². The first-order valence-electron chi connectivity index (χ1n) is 5.39. The van der Waals surface area contributed by atoms with E-state index in [0.717, 1.165) is 22.6 Å². The topological polar surface area (TPSA) is 35.2 Å². The lowest BCUT2D eigenvalue weighted by Crippen LogP contribution is -2.18. The Morgan fingerprint density at radius 3 is 2.62 bits per heavy atom. The molecule has 2 N–H and O–H groups in total. The summed E-state index contributed by atoms with van der Waals surface area (Å²) in [6.07, 6.45) is 0. The smallest absolute Gasteiger partial charge is 0.132 e. The molecule has 0 amide bonds. The quantitative estimate of drug-likeness (QED) is 0.726. The summed E-state index contributed by atoms with van der Waals surface area (Å²) in [5.41, 5.74) is 9.62. The minimum Gasteiger partial charge on any atom is -0.457 e. The summed E-state index contributed by atoms with van der Waals surface area (Å²) in [6.45, 7) is 2.07. The molecule has 2 aromatic rings. The lowest BCUT2D eigenvalue weighted by Gasteiger charge is -2.26. The Balaban J connectivity index is 2.23. The molecule has 1 heterocycles.